The normalized spacial score (nSPS) is 24.9. The van der Waals surface area contributed by atoms with Gasteiger partial charge in [-0.3, -0.25) is 4.90 Å². The number of tetrazole rings is 1. The van der Waals surface area contributed by atoms with Crippen molar-refractivity contribution < 1.29 is 4.79 Å². The second-order valence-corrected chi connectivity index (χ2v) is 7.57. The van der Waals surface area contributed by atoms with Gasteiger partial charge >= 0.3 is 6.03 Å². The maximum absolute atomic E-state index is 12.5. The molecule has 25 heavy (non-hydrogen) atoms. The number of urea groups is 1. The summed E-state index contributed by atoms with van der Waals surface area (Å²) in [6, 6.07) is 0.416. The molecule has 0 spiro atoms. The van der Waals surface area contributed by atoms with Crippen LogP contribution in [-0.4, -0.2) is 69.8 Å². The Labute approximate surface area is 149 Å². The Hall–Kier alpha value is -1.70. The molecule has 0 unspecified atom stereocenters. The SMILES string of the molecule is CCCNC(=O)N1CCC[C@](c2nnnn2C2CCCC2)(N(C)C)C1. The molecule has 1 aliphatic carbocycles. The number of piperidine rings is 1. The van der Waals surface area contributed by atoms with Gasteiger partial charge in [0.25, 0.3) is 0 Å². The van der Waals surface area contributed by atoms with E-state index >= 15 is 0 Å². The average molecular weight is 349 g/mol. The van der Waals surface area contributed by atoms with Crippen molar-refractivity contribution in [2.45, 2.75) is 63.5 Å². The van der Waals surface area contributed by atoms with E-state index in [9.17, 15) is 4.79 Å². The number of carbonyl (C=O) groups is 1. The molecule has 140 valence electrons. The minimum Gasteiger partial charge on any atom is -0.338 e. The molecule has 1 atom stereocenters. The van der Waals surface area contributed by atoms with Crippen LogP contribution in [0.25, 0.3) is 0 Å². The molecule has 2 fully saturated rings. The molecule has 1 saturated carbocycles. The number of nitrogens with zero attached hydrogens (tertiary/aromatic N) is 6. The molecule has 8 nitrogen and oxygen atoms in total. The van der Waals surface area contributed by atoms with Gasteiger partial charge in [-0.05, 0) is 56.6 Å². The zero-order chi connectivity index (χ0) is 17.9. The van der Waals surface area contributed by atoms with Gasteiger partial charge in [0.1, 0.15) is 5.54 Å². The molecule has 0 radical (unpaired) electrons. The molecule has 2 amide bonds. The van der Waals surface area contributed by atoms with E-state index in [0.717, 1.165) is 44.5 Å². The first-order valence-electron chi connectivity index (χ1n) is 9.57. The Kier molecular flexibility index (Phi) is 5.56. The summed E-state index contributed by atoms with van der Waals surface area (Å²) in [6.07, 6.45) is 7.62. The Bertz CT molecular complexity index is 581. The van der Waals surface area contributed by atoms with Crippen LogP contribution in [0.3, 0.4) is 0 Å². The minimum atomic E-state index is -0.326. The molecule has 1 aromatic heterocycles. The van der Waals surface area contributed by atoms with Gasteiger partial charge in [0.2, 0.25) is 0 Å². The fourth-order valence-electron chi connectivity index (χ4n) is 4.20. The molecule has 3 rings (SSSR count). The zero-order valence-corrected chi connectivity index (χ0v) is 15.7. The summed E-state index contributed by atoms with van der Waals surface area (Å²) in [6.45, 7) is 4.19. The molecular formula is C17H31N7O. The average Bonchev–Trinajstić information content (AvgIpc) is 3.30. The lowest BCUT2D eigenvalue weighted by molar-refractivity contribution is 0.0444. The molecule has 8 heteroatoms. The highest BCUT2D eigenvalue weighted by Crippen LogP contribution is 2.38. The van der Waals surface area contributed by atoms with Gasteiger partial charge in [-0.2, -0.15) is 0 Å². The number of nitrogens with one attached hydrogen (secondary N) is 1. The van der Waals surface area contributed by atoms with Crippen LogP contribution in [0.4, 0.5) is 4.79 Å². The first kappa shape index (κ1) is 18.1. The highest BCUT2D eigenvalue weighted by molar-refractivity contribution is 5.74. The third-order valence-corrected chi connectivity index (χ3v) is 5.72. The summed E-state index contributed by atoms with van der Waals surface area (Å²) in [4.78, 5) is 16.6. The number of likely N-dealkylation sites (tertiary alicyclic amines) is 1. The van der Waals surface area contributed by atoms with Crippen LogP contribution in [0.5, 0.6) is 0 Å². The van der Waals surface area contributed by atoms with Gasteiger partial charge < -0.3 is 10.2 Å². The fraction of sp³-hybridized carbons (Fsp3) is 0.882. The summed E-state index contributed by atoms with van der Waals surface area (Å²) >= 11 is 0. The van der Waals surface area contributed by atoms with E-state index in [1.165, 1.54) is 12.8 Å². The molecule has 1 aliphatic heterocycles. The van der Waals surface area contributed by atoms with Gasteiger partial charge in [-0.1, -0.05) is 19.8 Å². The second kappa shape index (κ2) is 7.68. The summed E-state index contributed by atoms with van der Waals surface area (Å²) in [5.74, 6) is 0.914. The van der Waals surface area contributed by atoms with Gasteiger partial charge in [-0.25, -0.2) is 9.48 Å². The van der Waals surface area contributed by atoms with Gasteiger partial charge in [0.05, 0.1) is 6.04 Å². The standard InChI is InChI=1S/C17H31N7O/c1-4-11-18-16(25)23-12-7-10-17(13-23,22(2)3)15-19-20-21-24(15)14-8-5-6-9-14/h14H,4-13H2,1-3H3,(H,18,25)/t17-/m0/s1. The van der Waals surface area contributed by atoms with Crippen molar-refractivity contribution in [1.29, 1.82) is 0 Å². The predicted molar refractivity (Wildman–Crippen MR) is 95.2 cm³/mol. The lowest BCUT2D eigenvalue weighted by Gasteiger charge is -2.46. The van der Waals surface area contributed by atoms with Crippen LogP contribution in [0.2, 0.25) is 0 Å². The fourth-order valence-corrected chi connectivity index (χ4v) is 4.20. The van der Waals surface area contributed by atoms with Crippen molar-refractivity contribution in [3.63, 3.8) is 0 Å². The Balaban J connectivity index is 1.87. The Morgan fingerprint density at radius 3 is 2.76 bits per heavy atom. The van der Waals surface area contributed by atoms with Crippen LogP contribution in [0.15, 0.2) is 0 Å². The van der Waals surface area contributed by atoms with Gasteiger partial charge in [-0.15, -0.1) is 5.10 Å². The van der Waals surface area contributed by atoms with Crippen molar-refractivity contribution in [2.75, 3.05) is 33.7 Å². The molecule has 2 aliphatic rings. The van der Waals surface area contributed by atoms with Crippen molar-refractivity contribution in [3.05, 3.63) is 5.82 Å². The van der Waals surface area contributed by atoms with E-state index in [4.69, 9.17) is 0 Å². The largest absolute Gasteiger partial charge is 0.338 e. The van der Waals surface area contributed by atoms with E-state index in [-0.39, 0.29) is 11.6 Å². The lowest BCUT2D eigenvalue weighted by Crippen LogP contribution is -2.58. The zero-order valence-electron chi connectivity index (χ0n) is 15.7. The number of aromatic nitrogens is 4. The van der Waals surface area contributed by atoms with E-state index in [2.05, 4.69) is 46.8 Å². The number of amides is 2. The van der Waals surface area contributed by atoms with E-state index in [1.807, 2.05) is 9.58 Å². The smallest absolute Gasteiger partial charge is 0.317 e. The molecule has 1 saturated heterocycles. The second-order valence-electron chi connectivity index (χ2n) is 7.57. The maximum atomic E-state index is 12.5. The Morgan fingerprint density at radius 2 is 2.08 bits per heavy atom. The topological polar surface area (TPSA) is 79.2 Å². The molecule has 0 aromatic carbocycles. The highest BCUT2D eigenvalue weighted by Gasteiger charge is 2.45. The third-order valence-electron chi connectivity index (χ3n) is 5.72. The predicted octanol–water partition coefficient (Wildman–Crippen LogP) is 1.76. The van der Waals surface area contributed by atoms with Gasteiger partial charge in [0.15, 0.2) is 5.82 Å². The van der Waals surface area contributed by atoms with Crippen molar-refractivity contribution in [2.24, 2.45) is 0 Å². The van der Waals surface area contributed by atoms with E-state index in [1.54, 1.807) is 0 Å². The van der Waals surface area contributed by atoms with Crippen LogP contribution in [0.1, 0.15) is 63.7 Å². The van der Waals surface area contributed by atoms with E-state index < -0.39 is 0 Å². The number of likely N-dealkylation sites (N-methyl/N-ethyl adjacent to an activating group) is 1. The summed E-state index contributed by atoms with van der Waals surface area (Å²) in [5, 5.41) is 15.8. The lowest BCUT2D eigenvalue weighted by atomic mass is 9.86. The molecular weight excluding hydrogens is 318 g/mol. The molecule has 1 N–H and O–H groups in total. The maximum Gasteiger partial charge on any atom is 0.317 e. The van der Waals surface area contributed by atoms with Crippen molar-refractivity contribution >= 4 is 6.03 Å². The number of hydrogen-bond acceptors (Lipinski definition) is 5. The first-order valence-corrected chi connectivity index (χ1v) is 9.57. The molecule has 1 aromatic rings. The molecule has 0 bridgehead atoms. The van der Waals surface area contributed by atoms with Crippen LogP contribution in [0, 0.1) is 0 Å². The number of hydrogen-bond donors (Lipinski definition) is 1. The van der Waals surface area contributed by atoms with Crippen molar-refractivity contribution in [3.8, 4) is 0 Å². The van der Waals surface area contributed by atoms with Crippen LogP contribution in [-0.2, 0) is 5.54 Å². The van der Waals surface area contributed by atoms with Crippen molar-refractivity contribution in [1.82, 2.24) is 35.3 Å². The Morgan fingerprint density at radius 1 is 1.32 bits per heavy atom. The third kappa shape index (κ3) is 3.49. The van der Waals surface area contributed by atoms with Gasteiger partial charge in [0, 0.05) is 19.6 Å². The van der Waals surface area contributed by atoms with Crippen LogP contribution < -0.4 is 5.32 Å². The summed E-state index contributed by atoms with van der Waals surface area (Å²) in [5.41, 5.74) is -0.326. The number of rotatable bonds is 5. The minimum absolute atomic E-state index is 0.0210. The first-order chi connectivity index (χ1) is 12.1. The summed E-state index contributed by atoms with van der Waals surface area (Å²) < 4.78 is 2.04. The quantitative estimate of drug-likeness (QED) is 0.876. The molecule has 2 heterocycles. The van der Waals surface area contributed by atoms with E-state index in [0.29, 0.717) is 19.1 Å². The summed E-state index contributed by atoms with van der Waals surface area (Å²) in [7, 11) is 4.14. The number of carbonyl (C=O) groups excluding carboxylic acids is 1. The van der Waals surface area contributed by atoms with Crippen LogP contribution >= 0.6 is 0 Å². The highest BCUT2D eigenvalue weighted by atomic mass is 16.2. The monoisotopic (exact) mass is 349 g/mol.